The molecule has 1 atom stereocenters. The summed E-state index contributed by atoms with van der Waals surface area (Å²) in [4.78, 5) is 14.9. The number of hydrogen-bond acceptors (Lipinski definition) is 4. The molecule has 0 amide bonds. The monoisotopic (exact) mass is 303 g/mol. The van der Waals surface area contributed by atoms with Gasteiger partial charge in [-0.15, -0.1) is 0 Å². The van der Waals surface area contributed by atoms with E-state index in [-0.39, 0.29) is 11.9 Å². The fourth-order valence-corrected chi connectivity index (χ4v) is 2.52. The van der Waals surface area contributed by atoms with Crippen LogP contribution in [0.5, 0.6) is 5.75 Å². The summed E-state index contributed by atoms with van der Waals surface area (Å²) < 4.78 is 24.1. The van der Waals surface area contributed by atoms with Crippen LogP contribution >= 0.6 is 0 Å². The molecule has 3 rings (SSSR count). The molecule has 1 unspecified atom stereocenters. The van der Waals surface area contributed by atoms with Crippen LogP contribution in [0.15, 0.2) is 30.5 Å². The van der Waals surface area contributed by atoms with E-state index in [1.54, 1.807) is 25.3 Å². The van der Waals surface area contributed by atoms with Crippen molar-refractivity contribution < 1.29 is 23.8 Å². The number of aromatic nitrogens is 1. The Bertz CT molecular complexity index is 715. The number of ether oxygens (including phenoxy) is 2. The molecule has 1 aliphatic rings. The molecule has 0 saturated carbocycles. The molecule has 6 heteroatoms. The maximum atomic E-state index is 13.0. The molecule has 0 aliphatic carbocycles. The highest BCUT2D eigenvalue weighted by atomic mass is 19.1. The summed E-state index contributed by atoms with van der Waals surface area (Å²) in [5.41, 5.74) is 3.04. The molecule has 0 radical (unpaired) electrons. The molecule has 5 nitrogen and oxygen atoms in total. The Kier molecular flexibility index (Phi) is 3.77. The van der Waals surface area contributed by atoms with E-state index in [0.717, 1.165) is 16.7 Å². The van der Waals surface area contributed by atoms with E-state index in [2.05, 4.69) is 4.98 Å². The Balaban J connectivity index is 1.96. The summed E-state index contributed by atoms with van der Waals surface area (Å²) in [6.07, 6.45) is 1.34. The third-order valence-electron chi connectivity index (χ3n) is 3.54. The lowest BCUT2D eigenvalue weighted by molar-refractivity contribution is -0.139. The van der Waals surface area contributed by atoms with E-state index in [9.17, 15) is 9.18 Å². The van der Waals surface area contributed by atoms with Gasteiger partial charge in [0, 0.05) is 17.3 Å². The number of benzene rings is 1. The molecule has 0 bridgehead atoms. The van der Waals surface area contributed by atoms with E-state index >= 15 is 0 Å². The van der Waals surface area contributed by atoms with Gasteiger partial charge >= 0.3 is 5.97 Å². The Morgan fingerprint density at radius 3 is 2.86 bits per heavy atom. The zero-order valence-corrected chi connectivity index (χ0v) is 11.9. The van der Waals surface area contributed by atoms with Crippen molar-refractivity contribution in [3.63, 3.8) is 0 Å². The summed E-state index contributed by atoms with van der Waals surface area (Å²) in [5, 5.41) is 8.76. The van der Waals surface area contributed by atoms with Crippen molar-refractivity contribution >= 4 is 5.97 Å². The van der Waals surface area contributed by atoms with Gasteiger partial charge in [0.1, 0.15) is 17.7 Å². The SMILES string of the molecule is Cc1ncc2c(c1OCC(=O)O)COC2c1ccc(F)cc1. The Hall–Kier alpha value is -2.47. The molecule has 114 valence electrons. The minimum Gasteiger partial charge on any atom is -0.480 e. The lowest BCUT2D eigenvalue weighted by Gasteiger charge is -2.13. The number of carbonyl (C=O) groups is 1. The highest BCUT2D eigenvalue weighted by molar-refractivity contribution is 5.68. The van der Waals surface area contributed by atoms with Crippen LogP contribution in [0.25, 0.3) is 0 Å². The van der Waals surface area contributed by atoms with Crippen molar-refractivity contribution in [3.05, 3.63) is 58.7 Å². The number of pyridine rings is 1. The molecule has 1 aromatic heterocycles. The largest absolute Gasteiger partial charge is 0.480 e. The number of nitrogens with zero attached hydrogens (tertiary/aromatic N) is 1. The second-order valence-corrected chi connectivity index (χ2v) is 5.03. The number of aliphatic carboxylic acids is 1. The first-order valence-electron chi connectivity index (χ1n) is 6.76. The first-order chi connectivity index (χ1) is 10.6. The lowest BCUT2D eigenvalue weighted by Crippen LogP contribution is -2.12. The van der Waals surface area contributed by atoms with Crippen molar-refractivity contribution in [1.29, 1.82) is 0 Å². The van der Waals surface area contributed by atoms with Gasteiger partial charge in [0.25, 0.3) is 0 Å². The Labute approximate surface area is 126 Å². The van der Waals surface area contributed by atoms with Crippen LogP contribution in [-0.4, -0.2) is 22.7 Å². The molecule has 22 heavy (non-hydrogen) atoms. The van der Waals surface area contributed by atoms with Crippen molar-refractivity contribution in [2.45, 2.75) is 19.6 Å². The standard InChI is InChI=1S/C16H14FNO4/c1-9-15(22-8-14(19)20)13-7-21-16(12(13)6-18-9)10-2-4-11(17)5-3-10/h2-6,16H,7-8H2,1H3,(H,19,20). The molecule has 0 saturated heterocycles. The maximum Gasteiger partial charge on any atom is 0.341 e. The van der Waals surface area contributed by atoms with Crippen molar-refractivity contribution in [3.8, 4) is 5.75 Å². The van der Waals surface area contributed by atoms with E-state index in [0.29, 0.717) is 18.1 Å². The number of hydrogen-bond donors (Lipinski definition) is 1. The average molecular weight is 303 g/mol. The molecular formula is C16H14FNO4. The normalized spacial score (nSPS) is 16.4. The minimum absolute atomic E-state index is 0.301. The van der Waals surface area contributed by atoms with Gasteiger partial charge in [-0.1, -0.05) is 12.1 Å². The summed E-state index contributed by atoms with van der Waals surface area (Å²) in [6.45, 7) is 1.62. The Morgan fingerprint density at radius 1 is 1.45 bits per heavy atom. The summed E-state index contributed by atoms with van der Waals surface area (Å²) in [5.74, 6) is -0.912. The number of halogens is 1. The van der Waals surface area contributed by atoms with Crippen molar-refractivity contribution in [2.75, 3.05) is 6.61 Å². The number of carboxylic acids is 1. The van der Waals surface area contributed by atoms with Crippen molar-refractivity contribution in [2.24, 2.45) is 0 Å². The van der Waals surface area contributed by atoms with E-state index < -0.39 is 12.6 Å². The second kappa shape index (κ2) is 5.73. The van der Waals surface area contributed by atoms with E-state index in [1.165, 1.54) is 12.1 Å². The third-order valence-corrected chi connectivity index (χ3v) is 3.54. The predicted molar refractivity (Wildman–Crippen MR) is 75.1 cm³/mol. The summed E-state index contributed by atoms with van der Waals surface area (Å²) in [7, 11) is 0. The van der Waals surface area contributed by atoms with Gasteiger partial charge in [-0.25, -0.2) is 9.18 Å². The van der Waals surface area contributed by atoms with Gasteiger partial charge in [0.05, 0.1) is 12.3 Å². The van der Waals surface area contributed by atoms with Crippen LogP contribution < -0.4 is 4.74 Å². The quantitative estimate of drug-likeness (QED) is 0.940. The molecule has 1 aromatic carbocycles. The van der Waals surface area contributed by atoms with Gasteiger partial charge in [0.15, 0.2) is 6.61 Å². The van der Waals surface area contributed by atoms with E-state index in [1.807, 2.05) is 0 Å². The average Bonchev–Trinajstić information content (AvgIpc) is 2.91. The zero-order chi connectivity index (χ0) is 15.7. The van der Waals surface area contributed by atoms with Gasteiger partial charge in [0.2, 0.25) is 0 Å². The minimum atomic E-state index is -1.05. The van der Waals surface area contributed by atoms with Crippen LogP contribution in [-0.2, 0) is 16.1 Å². The third kappa shape index (κ3) is 2.65. The van der Waals surface area contributed by atoms with Crippen LogP contribution in [0.3, 0.4) is 0 Å². The first-order valence-corrected chi connectivity index (χ1v) is 6.76. The maximum absolute atomic E-state index is 13.0. The fourth-order valence-electron chi connectivity index (χ4n) is 2.52. The van der Waals surface area contributed by atoms with Crippen LogP contribution in [0.2, 0.25) is 0 Å². The number of fused-ring (bicyclic) bond motifs is 1. The molecular weight excluding hydrogens is 289 g/mol. The summed E-state index contributed by atoms with van der Waals surface area (Å²) >= 11 is 0. The zero-order valence-electron chi connectivity index (χ0n) is 11.9. The van der Waals surface area contributed by atoms with Crippen LogP contribution in [0.1, 0.15) is 28.5 Å². The number of rotatable bonds is 4. The molecule has 0 fully saturated rings. The van der Waals surface area contributed by atoms with Gasteiger partial charge < -0.3 is 14.6 Å². The highest BCUT2D eigenvalue weighted by Crippen LogP contribution is 2.40. The Morgan fingerprint density at radius 2 is 2.18 bits per heavy atom. The number of carboxylic acid groups (broad SMARTS) is 1. The number of aryl methyl sites for hydroxylation is 1. The highest BCUT2D eigenvalue weighted by Gasteiger charge is 2.29. The van der Waals surface area contributed by atoms with Crippen LogP contribution in [0.4, 0.5) is 4.39 Å². The lowest BCUT2D eigenvalue weighted by atomic mass is 10.00. The molecule has 2 heterocycles. The smallest absolute Gasteiger partial charge is 0.341 e. The van der Waals surface area contributed by atoms with Crippen molar-refractivity contribution in [1.82, 2.24) is 4.98 Å². The predicted octanol–water partition coefficient (Wildman–Crippen LogP) is 2.61. The second-order valence-electron chi connectivity index (χ2n) is 5.03. The summed E-state index contributed by atoms with van der Waals surface area (Å²) in [6, 6.07) is 6.07. The first kappa shape index (κ1) is 14.5. The van der Waals surface area contributed by atoms with Gasteiger partial charge in [-0.3, -0.25) is 4.98 Å². The molecule has 0 spiro atoms. The van der Waals surface area contributed by atoms with Gasteiger partial charge in [-0.05, 0) is 24.6 Å². The molecule has 1 N–H and O–H groups in total. The van der Waals surface area contributed by atoms with E-state index in [4.69, 9.17) is 14.6 Å². The fraction of sp³-hybridized carbons (Fsp3) is 0.250. The molecule has 1 aliphatic heterocycles. The topological polar surface area (TPSA) is 68.7 Å². The molecule has 2 aromatic rings. The van der Waals surface area contributed by atoms with Gasteiger partial charge in [-0.2, -0.15) is 0 Å². The van der Waals surface area contributed by atoms with Crippen LogP contribution in [0, 0.1) is 12.7 Å².